The summed E-state index contributed by atoms with van der Waals surface area (Å²) in [4.78, 5) is 18.9. The molecule has 0 aliphatic carbocycles. The molecule has 0 N–H and O–H groups in total. The fourth-order valence-corrected chi connectivity index (χ4v) is 3.55. The van der Waals surface area contributed by atoms with Crippen LogP contribution in [0, 0.1) is 0 Å². The zero-order valence-electron chi connectivity index (χ0n) is 16.3. The molecule has 2 aromatic carbocycles. The third-order valence-corrected chi connectivity index (χ3v) is 5.04. The molecule has 148 valence electrons. The molecule has 1 heterocycles. The number of carbonyl (C=O) groups excluding carboxylic acids is 1. The van der Waals surface area contributed by atoms with Gasteiger partial charge in [-0.2, -0.15) is 0 Å². The number of fused-ring (bicyclic) bond motifs is 1. The van der Waals surface area contributed by atoms with Gasteiger partial charge in [0, 0.05) is 13.1 Å². The number of hydrogen-bond donors (Lipinski definition) is 0. The van der Waals surface area contributed by atoms with Gasteiger partial charge in [0.25, 0.3) is 5.22 Å². The van der Waals surface area contributed by atoms with Crippen molar-refractivity contribution in [2.75, 3.05) is 26.0 Å². The number of methoxy groups -OCH3 is 1. The SMILES string of the molecule is CCOc1ccc(CN(CC)C(=O)CSc2nc3ccccc3o2)cc1OC. The van der Waals surface area contributed by atoms with E-state index in [1.165, 1.54) is 11.8 Å². The van der Waals surface area contributed by atoms with E-state index in [-0.39, 0.29) is 11.7 Å². The third-order valence-electron chi connectivity index (χ3n) is 4.23. The summed E-state index contributed by atoms with van der Waals surface area (Å²) in [5, 5.41) is 0.508. The molecule has 0 spiro atoms. The van der Waals surface area contributed by atoms with Gasteiger partial charge in [-0.05, 0) is 43.7 Å². The van der Waals surface area contributed by atoms with Crippen molar-refractivity contribution in [3.05, 3.63) is 48.0 Å². The molecular weight excluding hydrogens is 376 g/mol. The average molecular weight is 401 g/mol. The van der Waals surface area contributed by atoms with Crippen molar-refractivity contribution in [3.63, 3.8) is 0 Å². The lowest BCUT2D eigenvalue weighted by atomic mass is 10.2. The zero-order valence-corrected chi connectivity index (χ0v) is 17.1. The van der Waals surface area contributed by atoms with Crippen LogP contribution in [0.3, 0.4) is 0 Å². The zero-order chi connectivity index (χ0) is 19.9. The highest BCUT2D eigenvalue weighted by atomic mass is 32.2. The lowest BCUT2D eigenvalue weighted by Crippen LogP contribution is -2.31. The monoisotopic (exact) mass is 400 g/mol. The number of rotatable bonds is 9. The van der Waals surface area contributed by atoms with Crippen LogP contribution in [0.5, 0.6) is 11.5 Å². The maximum Gasteiger partial charge on any atom is 0.257 e. The Kier molecular flexibility index (Phi) is 6.81. The van der Waals surface area contributed by atoms with Crippen LogP contribution in [-0.4, -0.2) is 41.8 Å². The summed E-state index contributed by atoms with van der Waals surface area (Å²) >= 11 is 1.31. The first-order valence-corrected chi connectivity index (χ1v) is 10.2. The number of aromatic nitrogens is 1. The van der Waals surface area contributed by atoms with Crippen LogP contribution in [0.15, 0.2) is 52.1 Å². The molecule has 1 amide bonds. The first-order valence-electron chi connectivity index (χ1n) is 9.20. The van der Waals surface area contributed by atoms with Gasteiger partial charge in [0.2, 0.25) is 5.91 Å². The molecule has 0 saturated carbocycles. The van der Waals surface area contributed by atoms with Gasteiger partial charge in [-0.25, -0.2) is 4.98 Å². The Morgan fingerprint density at radius 2 is 2.00 bits per heavy atom. The van der Waals surface area contributed by atoms with Gasteiger partial charge in [-0.1, -0.05) is 30.0 Å². The Morgan fingerprint density at radius 1 is 1.18 bits per heavy atom. The minimum atomic E-state index is 0.0302. The second kappa shape index (κ2) is 9.50. The number of hydrogen-bond acceptors (Lipinski definition) is 6. The van der Waals surface area contributed by atoms with Gasteiger partial charge in [-0.15, -0.1) is 0 Å². The molecule has 28 heavy (non-hydrogen) atoms. The summed E-state index contributed by atoms with van der Waals surface area (Å²) in [6, 6.07) is 13.3. The smallest absolute Gasteiger partial charge is 0.257 e. The lowest BCUT2D eigenvalue weighted by molar-refractivity contribution is -0.128. The van der Waals surface area contributed by atoms with E-state index in [9.17, 15) is 4.79 Å². The Labute approximate surface area is 168 Å². The Balaban J connectivity index is 1.63. The summed E-state index contributed by atoms with van der Waals surface area (Å²) < 4.78 is 16.6. The van der Waals surface area contributed by atoms with Crippen molar-refractivity contribution in [2.24, 2.45) is 0 Å². The topological polar surface area (TPSA) is 64.8 Å². The largest absolute Gasteiger partial charge is 0.493 e. The number of para-hydroxylation sites is 2. The minimum absolute atomic E-state index is 0.0302. The molecule has 0 unspecified atom stereocenters. The maximum absolute atomic E-state index is 12.7. The van der Waals surface area contributed by atoms with Crippen LogP contribution < -0.4 is 9.47 Å². The number of amides is 1. The van der Waals surface area contributed by atoms with Crippen LogP contribution in [0.4, 0.5) is 0 Å². The minimum Gasteiger partial charge on any atom is -0.493 e. The van der Waals surface area contributed by atoms with E-state index in [1.54, 1.807) is 12.0 Å². The molecule has 0 radical (unpaired) electrons. The summed E-state index contributed by atoms with van der Waals surface area (Å²) in [5.74, 6) is 1.68. The predicted molar refractivity (Wildman–Crippen MR) is 110 cm³/mol. The number of oxazole rings is 1. The van der Waals surface area contributed by atoms with Crippen molar-refractivity contribution in [2.45, 2.75) is 25.6 Å². The average Bonchev–Trinajstić information content (AvgIpc) is 3.14. The van der Waals surface area contributed by atoms with E-state index in [2.05, 4.69) is 4.98 Å². The van der Waals surface area contributed by atoms with Gasteiger partial charge < -0.3 is 18.8 Å². The maximum atomic E-state index is 12.7. The first-order chi connectivity index (χ1) is 13.6. The summed E-state index contributed by atoms with van der Waals surface area (Å²) in [6.45, 7) is 5.59. The lowest BCUT2D eigenvalue weighted by Gasteiger charge is -2.21. The van der Waals surface area contributed by atoms with Gasteiger partial charge in [0.05, 0.1) is 19.5 Å². The summed E-state index contributed by atoms with van der Waals surface area (Å²) in [6.07, 6.45) is 0. The fourth-order valence-electron chi connectivity index (χ4n) is 2.81. The van der Waals surface area contributed by atoms with Gasteiger partial charge in [-0.3, -0.25) is 4.79 Å². The van der Waals surface area contributed by atoms with E-state index >= 15 is 0 Å². The normalized spacial score (nSPS) is 10.8. The highest BCUT2D eigenvalue weighted by molar-refractivity contribution is 7.99. The quantitative estimate of drug-likeness (QED) is 0.497. The van der Waals surface area contributed by atoms with Crippen molar-refractivity contribution in [3.8, 4) is 11.5 Å². The van der Waals surface area contributed by atoms with Crippen LogP contribution in [0.25, 0.3) is 11.1 Å². The molecule has 0 aliphatic heterocycles. The van der Waals surface area contributed by atoms with Crippen LogP contribution in [-0.2, 0) is 11.3 Å². The Hall–Kier alpha value is -2.67. The van der Waals surface area contributed by atoms with Crippen LogP contribution in [0.2, 0.25) is 0 Å². The molecule has 0 aliphatic rings. The highest BCUT2D eigenvalue weighted by Gasteiger charge is 2.16. The van der Waals surface area contributed by atoms with E-state index in [0.717, 1.165) is 16.7 Å². The van der Waals surface area contributed by atoms with Crippen molar-refractivity contribution in [1.29, 1.82) is 0 Å². The molecule has 3 rings (SSSR count). The molecule has 0 saturated heterocycles. The molecule has 0 bridgehead atoms. The molecular formula is C21H24N2O4S. The Bertz CT molecular complexity index is 908. The first kappa shape index (κ1) is 20.1. The van der Waals surface area contributed by atoms with Gasteiger partial charge in [0.1, 0.15) is 5.52 Å². The molecule has 0 atom stereocenters. The molecule has 0 fully saturated rings. The number of benzene rings is 2. The van der Waals surface area contributed by atoms with Crippen molar-refractivity contribution < 1.29 is 18.7 Å². The van der Waals surface area contributed by atoms with Crippen LogP contribution in [0.1, 0.15) is 19.4 Å². The Morgan fingerprint density at radius 3 is 2.71 bits per heavy atom. The number of thioether (sulfide) groups is 1. The summed E-state index contributed by atoms with van der Waals surface area (Å²) in [5.41, 5.74) is 2.51. The number of nitrogens with zero attached hydrogens (tertiary/aromatic N) is 2. The number of carbonyl (C=O) groups is 1. The van der Waals surface area contributed by atoms with Crippen molar-refractivity contribution in [1.82, 2.24) is 9.88 Å². The second-order valence-corrected chi connectivity index (χ2v) is 6.99. The van der Waals surface area contributed by atoms with E-state index in [4.69, 9.17) is 13.9 Å². The number of ether oxygens (including phenoxy) is 2. The van der Waals surface area contributed by atoms with Gasteiger partial charge >= 0.3 is 0 Å². The standard InChI is InChI=1S/C21H24N2O4S/c1-4-23(13-15-10-11-18(26-5-2)19(12-15)25-3)20(24)14-28-21-22-16-8-6-7-9-17(16)27-21/h6-12H,4-5,13-14H2,1-3H3. The second-order valence-electron chi connectivity index (χ2n) is 6.06. The van der Waals surface area contributed by atoms with E-state index < -0.39 is 0 Å². The van der Waals surface area contributed by atoms with Gasteiger partial charge in [0.15, 0.2) is 17.1 Å². The molecule has 3 aromatic rings. The fraction of sp³-hybridized carbons (Fsp3) is 0.333. The highest BCUT2D eigenvalue weighted by Crippen LogP contribution is 2.29. The molecule has 1 aromatic heterocycles. The third kappa shape index (κ3) is 4.78. The summed E-state index contributed by atoms with van der Waals surface area (Å²) in [7, 11) is 1.61. The van der Waals surface area contributed by atoms with E-state index in [1.807, 2.05) is 56.3 Å². The predicted octanol–water partition coefficient (Wildman–Crippen LogP) is 4.38. The van der Waals surface area contributed by atoms with Crippen LogP contribution >= 0.6 is 11.8 Å². The molecule has 6 nitrogen and oxygen atoms in total. The van der Waals surface area contributed by atoms with Crippen molar-refractivity contribution >= 4 is 28.8 Å². The molecule has 7 heteroatoms. The van der Waals surface area contributed by atoms with E-state index in [0.29, 0.717) is 36.4 Å².